The molecule has 9 heteroatoms. The van der Waals surface area contributed by atoms with Crippen LogP contribution in [0, 0.1) is 0 Å². The van der Waals surface area contributed by atoms with Crippen LogP contribution in [-0.2, 0) is 16.0 Å². The lowest BCUT2D eigenvalue weighted by Gasteiger charge is -2.27. The minimum atomic E-state index is -0.962. The third kappa shape index (κ3) is 5.16. The van der Waals surface area contributed by atoms with Gasteiger partial charge in [-0.1, -0.05) is 12.1 Å². The molecule has 2 aliphatic rings. The predicted octanol–water partition coefficient (Wildman–Crippen LogP) is -0.355. The Hall–Kier alpha value is -2.20. The van der Waals surface area contributed by atoms with Crippen molar-refractivity contribution in [2.45, 2.75) is 24.8 Å². The Kier molecular flexibility index (Phi) is 6.62. The summed E-state index contributed by atoms with van der Waals surface area (Å²) in [5.74, 6) is -0.962. The van der Waals surface area contributed by atoms with Crippen molar-refractivity contribution in [3.8, 4) is 0 Å². The van der Waals surface area contributed by atoms with Gasteiger partial charge in [-0.2, -0.15) is 0 Å². The Bertz CT molecular complexity index is 647. The standard InChI is InChI=1S/C18H25N3O6/c22-16-14(19-9-12-1-3-13(4-2-12)17(23)24)11-27-15(16)10-20-18(25)21-5-7-26-8-6-21/h1-4,14-16,19,22H,5-11H2,(H,20,25)(H,23,24). The molecule has 1 aromatic carbocycles. The maximum atomic E-state index is 12.1. The van der Waals surface area contributed by atoms with E-state index in [0.29, 0.717) is 39.5 Å². The molecule has 3 unspecified atom stereocenters. The molecule has 2 heterocycles. The average Bonchev–Trinajstić information content (AvgIpc) is 3.05. The SMILES string of the molecule is O=C(O)c1ccc(CNC2COC(CNC(=O)N3CCOCC3)C2O)cc1. The Morgan fingerprint density at radius 1 is 1.19 bits per heavy atom. The third-order valence-corrected chi connectivity index (χ3v) is 4.81. The molecular weight excluding hydrogens is 354 g/mol. The van der Waals surface area contributed by atoms with Gasteiger partial charge in [0.05, 0.1) is 37.5 Å². The van der Waals surface area contributed by atoms with Gasteiger partial charge in [0.2, 0.25) is 0 Å². The first-order chi connectivity index (χ1) is 13.0. The van der Waals surface area contributed by atoms with E-state index in [4.69, 9.17) is 14.6 Å². The van der Waals surface area contributed by atoms with E-state index in [2.05, 4.69) is 10.6 Å². The number of amides is 2. The summed E-state index contributed by atoms with van der Waals surface area (Å²) in [4.78, 5) is 24.6. The summed E-state index contributed by atoms with van der Waals surface area (Å²) < 4.78 is 10.8. The summed E-state index contributed by atoms with van der Waals surface area (Å²) >= 11 is 0. The van der Waals surface area contributed by atoms with E-state index in [0.717, 1.165) is 5.56 Å². The van der Waals surface area contributed by atoms with E-state index >= 15 is 0 Å². The van der Waals surface area contributed by atoms with Crippen LogP contribution in [0.2, 0.25) is 0 Å². The first-order valence-electron chi connectivity index (χ1n) is 9.00. The number of aliphatic hydroxyl groups is 1. The largest absolute Gasteiger partial charge is 0.478 e. The number of carbonyl (C=O) groups is 2. The van der Waals surface area contributed by atoms with Gasteiger partial charge in [-0.3, -0.25) is 0 Å². The molecule has 0 aromatic heterocycles. The maximum absolute atomic E-state index is 12.1. The number of carbonyl (C=O) groups excluding carboxylic acids is 1. The van der Waals surface area contributed by atoms with Gasteiger partial charge in [0.25, 0.3) is 0 Å². The predicted molar refractivity (Wildman–Crippen MR) is 95.6 cm³/mol. The number of hydrogen-bond donors (Lipinski definition) is 4. The van der Waals surface area contributed by atoms with E-state index in [1.54, 1.807) is 29.2 Å². The molecule has 0 saturated carbocycles. The molecule has 148 valence electrons. The number of carboxylic acid groups (broad SMARTS) is 1. The number of rotatable bonds is 6. The summed E-state index contributed by atoms with van der Waals surface area (Å²) in [6.07, 6.45) is -1.21. The van der Waals surface area contributed by atoms with Crippen molar-refractivity contribution in [3.63, 3.8) is 0 Å². The highest BCUT2D eigenvalue weighted by molar-refractivity contribution is 5.87. The summed E-state index contributed by atoms with van der Waals surface area (Å²) in [6.45, 7) is 3.26. The van der Waals surface area contributed by atoms with Crippen LogP contribution in [0.3, 0.4) is 0 Å². The monoisotopic (exact) mass is 379 g/mol. The lowest BCUT2D eigenvalue weighted by molar-refractivity contribution is 0.0360. The Morgan fingerprint density at radius 3 is 2.56 bits per heavy atom. The molecule has 0 aliphatic carbocycles. The smallest absolute Gasteiger partial charge is 0.335 e. The second kappa shape index (κ2) is 9.14. The van der Waals surface area contributed by atoms with Gasteiger partial charge in [0.1, 0.15) is 6.10 Å². The minimum Gasteiger partial charge on any atom is -0.478 e. The topological polar surface area (TPSA) is 120 Å². The number of urea groups is 1. The van der Waals surface area contributed by atoms with Crippen LogP contribution in [0.4, 0.5) is 4.79 Å². The molecular formula is C18H25N3O6. The molecule has 2 aliphatic heterocycles. The summed E-state index contributed by atoms with van der Waals surface area (Å²) in [5, 5.41) is 25.3. The van der Waals surface area contributed by atoms with Crippen molar-refractivity contribution >= 4 is 12.0 Å². The fourth-order valence-electron chi connectivity index (χ4n) is 3.12. The molecule has 2 saturated heterocycles. The summed E-state index contributed by atoms with van der Waals surface area (Å²) in [5.41, 5.74) is 1.15. The van der Waals surface area contributed by atoms with Crippen LogP contribution >= 0.6 is 0 Å². The lowest BCUT2D eigenvalue weighted by atomic mass is 10.1. The van der Waals surface area contributed by atoms with E-state index in [1.165, 1.54) is 0 Å². The number of benzene rings is 1. The summed E-state index contributed by atoms with van der Waals surface area (Å²) in [6, 6.07) is 6.13. The highest BCUT2D eigenvalue weighted by atomic mass is 16.5. The average molecular weight is 379 g/mol. The van der Waals surface area contributed by atoms with E-state index in [1.807, 2.05) is 0 Å². The summed E-state index contributed by atoms with van der Waals surface area (Å²) in [7, 11) is 0. The van der Waals surface area contributed by atoms with Crippen molar-refractivity contribution in [3.05, 3.63) is 35.4 Å². The van der Waals surface area contributed by atoms with Crippen molar-refractivity contribution in [2.75, 3.05) is 39.5 Å². The highest BCUT2D eigenvalue weighted by Gasteiger charge is 2.35. The number of ether oxygens (including phenoxy) is 2. The first-order valence-corrected chi connectivity index (χ1v) is 9.00. The van der Waals surface area contributed by atoms with Crippen molar-refractivity contribution in [1.29, 1.82) is 0 Å². The van der Waals surface area contributed by atoms with Crippen LogP contribution in [0.5, 0.6) is 0 Å². The Balaban J connectivity index is 1.41. The first kappa shape index (κ1) is 19.6. The Morgan fingerprint density at radius 2 is 1.89 bits per heavy atom. The molecule has 4 N–H and O–H groups in total. The molecule has 0 spiro atoms. The highest BCUT2D eigenvalue weighted by Crippen LogP contribution is 2.15. The Labute approximate surface area is 157 Å². The molecule has 9 nitrogen and oxygen atoms in total. The van der Waals surface area contributed by atoms with Gasteiger partial charge in [-0.15, -0.1) is 0 Å². The second-order valence-electron chi connectivity index (χ2n) is 6.64. The fourth-order valence-corrected chi connectivity index (χ4v) is 3.12. The van der Waals surface area contributed by atoms with Crippen LogP contribution in [0.1, 0.15) is 15.9 Å². The molecule has 2 amide bonds. The van der Waals surface area contributed by atoms with E-state index in [-0.39, 0.29) is 24.2 Å². The van der Waals surface area contributed by atoms with E-state index in [9.17, 15) is 14.7 Å². The normalized spacial score (nSPS) is 25.4. The van der Waals surface area contributed by atoms with Crippen molar-refractivity contribution in [1.82, 2.24) is 15.5 Å². The van der Waals surface area contributed by atoms with Gasteiger partial charge in [0.15, 0.2) is 0 Å². The van der Waals surface area contributed by atoms with Crippen molar-refractivity contribution < 1.29 is 29.3 Å². The van der Waals surface area contributed by atoms with Gasteiger partial charge >= 0.3 is 12.0 Å². The molecule has 27 heavy (non-hydrogen) atoms. The quantitative estimate of drug-likeness (QED) is 0.533. The minimum absolute atomic E-state index is 0.177. The van der Waals surface area contributed by atoms with Gasteiger partial charge < -0.3 is 35.2 Å². The van der Waals surface area contributed by atoms with Crippen LogP contribution in [0.15, 0.2) is 24.3 Å². The number of carboxylic acids is 1. The zero-order valence-corrected chi connectivity index (χ0v) is 15.0. The molecule has 0 bridgehead atoms. The fraction of sp³-hybridized carbons (Fsp3) is 0.556. The van der Waals surface area contributed by atoms with Crippen LogP contribution in [0.25, 0.3) is 0 Å². The zero-order valence-electron chi connectivity index (χ0n) is 15.0. The number of aromatic carboxylic acids is 1. The third-order valence-electron chi connectivity index (χ3n) is 4.81. The number of aliphatic hydroxyl groups excluding tert-OH is 1. The maximum Gasteiger partial charge on any atom is 0.335 e. The van der Waals surface area contributed by atoms with Gasteiger partial charge in [-0.05, 0) is 17.7 Å². The molecule has 3 rings (SSSR count). The molecule has 2 fully saturated rings. The second-order valence-corrected chi connectivity index (χ2v) is 6.64. The number of nitrogens with zero attached hydrogens (tertiary/aromatic N) is 1. The van der Waals surface area contributed by atoms with Gasteiger partial charge in [-0.25, -0.2) is 9.59 Å². The van der Waals surface area contributed by atoms with E-state index < -0.39 is 18.2 Å². The zero-order chi connectivity index (χ0) is 19.2. The van der Waals surface area contributed by atoms with Crippen LogP contribution < -0.4 is 10.6 Å². The number of nitrogens with one attached hydrogen (secondary N) is 2. The molecule has 0 radical (unpaired) electrons. The number of hydrogen-bond acceptors (Lipinski definition) is 6. The van der Waals surface area contributed by atoms with Crippen molar-refractivity contribution in [2.24, 2.45) is 0 Å². The van der Waals surface area contributed by atoms with Crippen LogP contribution in [-0.4, -0.2) is 84.8 Å². The number of morpholine rings is 1. The molecule has 3 atom stereocenters. The molecule has 1 aromatic rings. The lowest BCUT2D eigenvalue weighted by Crippen LogP contribution is -2.50. The van der Waals surface area contributed by atoms with Gasteiger partial charge in [0, 0.05) is 26.2 Å².